The van der Waals surface area contributed by atoms with Gasteiger partial charge in [0.25, 0.3) is 0 Å². The number of nitrogens with one attached hydrogen (secondary N) is 1. The molecule has 1 fully saturated rings. The lowest BCUT2D eigenvalue weighted by Crippen LogP contribution is -2.44. The van der Waals surface area contributed by atoms with Gasteiger partial charge < -0.3 is 19.9 Å². The maximum absolute atomic E-state index is 14.4. The van der Waals surface area contributed by atoms with Gasteiger partial charge >= 0.3 is 6.09 Å². The Bertz CT molecular complexity index is 724. The molecule has 0 radical (unpaired) electrons. The molecule has 1 aromatic carbocycles. The van der Waals surface area contributed by atoms with E-state index in [9.17, 15) is 9.18 Å². The van der Waals surface area contributed by atoms with Gasteiger partial charge in [0, 0.05) is 38.8 Å². The zero-order valence-electron chi connectivity index (χ0n) is 13.2. The number of aromatic amines is 1. The van der Waals surface area contributed by atoms with Crippen LogP contribution in [-0.4, -0.2) is 65.8 Å². The van der Waals surface area contributed by atoms with Gasteiger partial charge in [-0.1, -0.05) is 0 Å². The molecule has 7 nitrogen and oxygen atoms in total. The molecule has 124 valence electrons. The summed E-state index contributed by atoms with van der Waals surface area (Å²) in [6.45, 7) is 5.26. The Balaban J connectivity index is 1.96. The van der Waals surface area contributed by atoms with Crippen LogP contribution in [-0.2, 0) is 0 Å². The first-order valence-electron chi connectivity index (χ1n) is 7.62. The molecule has 8 heteroatoms. The summed E-state index contributed by atoms with van der Waals surface area (Å²) in [6, 6.07) is 3.07. The molecule has 23 heavy (non-hydrogen) atoms. The maximum Gasteiger partial charge on any atom is 0.414 e. The van der Waals surface area contributed by atoms with E-state index in [-0.39, 0.29) is 18.3 Å². The van der Waals surface area contributed by atoms with Crippen LogP contribution in [0.4, 0.5) is 20.8 Å². The van der Waals surface area contributed by atoms with Gasteiger partial charge in [0.2, 0.25) is 5.95 Å². The molecule has 0 unspecified atom stereocenters. The van der Waals surface area contributed by atoms with Crippen molar-refractivity contribution in [3.63, 3.8) is 0 Å². The number of aromatic nitrogens is 2. The fraction of sp³-hybridized carbons (Fsp3) is 0.467. The second-order valence-corrected chi connectivity index (χ2v) is 5.70. The Morgan fingerprint density at radius 3 is 2.70 bits per heavy atom. The van der Waals surface area contributed by atoms with Crippen molar-refractivity contribution in [1.82, 2.24) is 14.9 Å². The Labute approximate surface area is 133 Å². The quantitative estimate of drug-likeness (QED) is 0.904. The molecule has 0 saturated carbocycles. The minimum absolute atomic E-state index is 0.213. The number of imidazole rings is 1. The van der Waals surface area contributed by atoms with Crippen molar-refractivity contribution >= 4 is 28.8 Å². The number of piperazine rings is 1. The van der Waals surface area contributed by atoms with Crippen LogP contribution in [0, 0.1) is 5.82 Å². The number of nitrogens with zero attached hydrogens (tertiary/aromatic N) is 4. The van der Waals surface area contributed by atoms with E-state index in [1.165, 1.54) is 6.07 Å². The number of H-pyrrole nitrogens is 1. The van der Waals surface area contributed by atoms with Crippen molar-refractivity contribution in [2.45, 2.75) is 6.92 Å². The summed E-state index contributed by atoms with van der Waals surface area (Å²) in [5, 5.41) is 9.17. The third-order valence-electron chi connectivity index (χ3n) is 4.18. The van der Waals surface area contributed by atoms with Crippen LogP contribution in [0.3, 0.4) is 0 Å². The number of carbonyl (C=O) groups is 1. The number of fused-ring (bicyclic) bond motifs is 1. The highest BCUT2D eigenvalue weighted by atomic mass is 19.1. The SMILES string of the molecule is CCN(C(=O)O)c1nc2cc(N3CCN(C)CC3)c(F)cc2[nH]1. The highest BCUT2D eigenvalue weighted by molar-refractivity contribution is 5.88. The van der Waals surface area contributed by atoms with E-state index < -0.39 is 6.09 Å². The molecule has 0 aliphatic carbocycles. The molecule has 1 aromatic heterocycles. The summed E-state index contributed by atoms with van der Waals surface area (Å²) in [5.74, 6) is -0.111. The summed E-state index contributed by atoms with van der Waals surface area (Å²) in [6.07, 6.45) is -1.09. The second kappa shape index (κ2) is 6.04. The smallest absolute Gasteiger partial charge is 0.414 e. The fourth-order valence-electron chi connectivity index (χ4n) is 2.80. The minimum atomic E-state index is -1.09. The van der Waals surface area contributed by atoms with E-state index in [4.69, 9.17) is 5.11 Å². The molecule has 2 aromatic rings. The van der Waals surface area contributed by atoms with E-state index in [0.717, 1.165) is 31.1 Å². The van der Waals surface area contributed by atoms with Crippen molar-refractivity contribution in [3.05, 3.63) is 17.9 Å². The van der Waals surface area contributed by atoms with Gasteiger partial charge in [0.1, 0.15) is 5.82 Å². The summed E-state index contributed by atoms with van der Waals surface area (Å²) >= 11 is 0. The van der Waals surface area contributed by atoms with Crippen LogP contribution in [0.25, 0.3) is 11.0 Å². The van der Waals surface area contributed by atoms with E-state index in [2.05, 4.69) is 14.9 Å². The number of benzene rings is 1. The van der Waals surface area contributed by atoms with Gasteiger partial charge in [-0.25, -0.2) is 19.1 Å². The van der Waals surface area contributed by atoms with Crippen molar-refractivity contribution in [2.24, 2.45) is 0 Å². The zero-order chi connectivity index (χ0) is 16.6. The summed E-state index contributed by atoms with van der Waals surface area (Å²) in [4.78, 5) is 23.7. The van der Waals surface area contributed by atoms with Gasteiger partial charge in [-0.05, 0) is 20.0 Å². The van der Waals surface area contributed by atoms with Gasteiger partial charge in [-0.3, -0.25) is 0 Å². The highest BCUT2D eigenvalue weighted by Gasteiger charge is 2.21. The normalized spacial score (nSPS) is 16.0. The first kappa shape index (κ1) is 15.5. The standard InChI is InChI=1S/C15H20FN5O2/c1-3-21(15(22)23)14-17-11-8-10(16)13(9-12(11)18-14)20-6-4-19(2)5-7-20/h8-9H,3-7H2,1-2H3,(H,17,18)(H,22,23). The number of hydrogen-bond donors (Lipinski definition) is 2. The van der Waals surface area contributed by atoms with Gasteiger partial charge in [-0.15, -0.1) is 0 Å². The Hall–Kier alpha value is -2.35. The molecule has 0 bridgehead atoms. The molecule has 3 rings (SSSR count). The average molecular weight is 321 g/mol. The van der Waals surface area contributed by atoms with Crippen molar-refractivity contribution in [3.8, 4) is 0 Å². The Kier molecular flexibility index (Phi) is 4.08. The molecule has 2 heterocycles. The van der Waals surface area contributed by atoms with Crippen LogP contribution < -0.4 is 9.80 Å². The molecule has 0 spiro atoms. The topological polar surface area (TPSA) is 75.7 Å². The van der Waals surface area contributed by atoms with Crippen LogP contribution in [0.1, 0.15) is 6.92 Å². The molecule has 1 amide bonds. The molecular weight excluding hydrogens is 301 g/mol. The first-order valence-corrected chi connectivity index (χ1v) is 7.62. The number of rotatable bonds is 3. The first-order chi connectivity index (χ1) is 11.0. The number of likely N-dealkylation sites (N-methyl/N-ethyl adjacent to an activating group) is 1. The van der Waals surface area contributed by atoms with E-state index >= 15 is 0 Å². The van der Waals surface area contributed by atoms with Crippen LogP contribution in [0.15, 0.2) is 12.1 Å². The molecule has 1 aliphatic rings. The minimum Gasteiger partial charge on any atom is -0.465 e. The largest absolute Gasteiger partial charge is 0.465 e. The van der Waals surface area contributed by atoms with Gasteiger partial charge in [0.05, 0.1) is 16.7 Å². The zero-order valence-corrected chi connectivity index (χ0v) is 13.2. The molecular formula is C15H20FN5O2. The fourth-order valence-corrected chi connectivity index (χ4v) is 2.80. The third kappa shape index (κ3) is 2.94. The second-order valence-electron chi connectivity index (χ2n) is 5.70. The number of amides is 1. The lowest BCUT2D eigenvalue weighted by Gasteiger charge is -2.34. The van der Waals surface area contributed by atoms with Crippen LogP contribution >= 0.6 is 0 Å². The Morgan fingerprint density at radius 1 is 1.39 bits per heavy atom. The van der Waals surface area contributed by atoms with Gasteiger partial charge in [-0.2, -0.15) is 0 Å². The predicted octanol–water partition coefficient (Wildman–Crippen LogP) is 1.96. The molecule has 1 saturated heterocycles. The molecule has 0 atom stereocenters. The maximum atomic E-state index is 14.4. The average Bonchev–Trinajstić information content (AvgIpc) is 2.90. The van der Waals surface area contributed by atoms with Crippen molar-refractivity contribution < 1.29 is 14.3 Å². The number of halogens is 1. The van der Waals surface area contributed by atoms with E-state index in [1.807, 2.05) is 11.9 Å². The van der Waals surface area contributed by atoms with Crippen molar-refractivity contribution in [1.29, 1.82) is 0 Å². The summed E-state index contributed by atoms with van der Waals surface area (Å²) in [5.41, 5.74) is 1.58. The summed E-state index contributed by atoms with van der Waals surface area (Å²) in [7, 11) is 2.04. The number of anilines is 2. The number of hydrogen-bond acceptors (Lipinski definition) is 4. The van der Waals surface area contributed by atoms with E-state index in [1.54, 1.807) is 13.0 Å². The highest BCUT2D eigenvalue weighted by Crippen LogP contribution is 2.27. The molecule has 1 aliphatic heterocycles. The van der Waals surface area contributed by atoms with Crippen LogP contribution in [0.5, 0.6) is 0 Å². The number of carboxylic acid groups (broad SMARTS) is 1. The summed E-state index contributed by atoms with van der Waals surface area (Å²) < 4.78 is 14.4. The van der Waals surface area contributed by atoms with Gasteiger partial charge in [0.15, 0.2) is 0 Å². The predicted molar refractivity (Wildman–Crippen MR) is 86.8 cm³/mol. The van der Waals surface area contributed by atoms with E-state index in [0.29, 0.717) is 16.7 Å². The van der Waals surface area contributed by atoms with Crippen molar-refractivity contribution in [2.75, 3.05) is 49.6 Å². The monoisotopic (exact) mass is 321 g/mol. The lowest BCUT2D eigenvalue weighted by molar-refractivity contribution is 0.202. The molecule has 2 N–H and O–H groups in total. The lowest BCUT2D eigenvalue weighted by atomic mass is 10.2. The van der Waals surface area contributed by atoms with Crippen LogP contribution in [0.2, 0.25) is 0 Å². The third-order valence-corrected chi connectivity index (χ3v) is 4.18. The Morgan fingerprint density at radius 2 is 2.09 bits per heavy atom.